The maximum atomic E-state index is 10.3. The number of carbonyl (C=O) groups excluding carboxylic acids is 1. The first-order valence-electron chi connectivity index (χ1n) is 10.0. The molecule has 0 aromatic heterocycles. The summed E-state index contributed by atoms with van der Waals surface area (Å²) in [6.07, 6.45) is 23.2. The summed E-state index contributed by atoms with van der Waals surface area (Å²) in [6.45, 7) is 2.23. The van der Waals surface area contributed by atoms with Crippen molar-refractivity contribution < 1.29 is 81.1 Å². The second kappa shape index (κ2) is 27.3. The molecule has 0 rings (SSSR count). The standard InChI is InChI=1S/C18H32O2.C4H4O4.K/c1-2-3-4-5-6-7-8-9-10-11-12-13-14-15-16-17-18(19)20;5-3(6)1-2-4(7)8;/h6-7,9-10H,2-5,8,11-17H2,1H3,(H,19,20);1-2H,(H,5,6)(H,7,8);/q;;+1/p-1/b7-6-,10-9-;2-1+;. The Morgan fingerprint density at radius 1 is 0.759 bits per heavy atom. The monoisotopic (exact) mass is 434 g/mol. The van der Waals surface area contributed by atoms with E-state index in [0.29, 0.717) is 18.6 Å². The molecule has 0 aliphatic rings. The second-order valence-corrected chi connectivity index (χ2v) is 6.37. The van der Waals surface area contributed by atoms with Crippen LogP contribution in [0.3, 0.4) is 0 Å². The largest absolute Gasteiger partial charge is 1.00 e. The van der Waals surface area contributed by atoms with Gasteiger partial charge in [-0.05, 0) is 44.6 Å². The molecule has 0 radical (unpaired) electrons. The van der Waals surface area contributed by atoms with Crippen LogP contribution in [0.25, 0.3) is 0 Å². The van der Waals surface area contributed by atoms with Crippen LogP contribution in [0.2, 0.25) is 0 Å². The topological polar surface area (TPSA) is 115 Å². The van der Waals surface area contributed by atoms with Crippen LogP contribution < -0.4 is 56.5 Å². The molecule has 0 unspecified atom stereocenters. The first-order valence-corrected chi connectivity index (χ1v) is 10.0. The molecule has 0 amide bonds. The van der Waals surface area contributed by atoms with Crippen molar-refractivity contribution in [1.29, 1.82) is 0 Å². The van der Waals surface area contributed by atoms with E-state index in [1.54, 1.807) is 0 Å². The molecule has 0 aliphatic carbocycles. The molecule has 0 aromatic rings. The van der Waals surface area contributed by atoms with Gasteiger partial charge in [-0.3, -0.25) is 4.79 Å². The SMILES string of the molecule is CCCCC/C=C\C/C=C\CCCCCCCC(=O)O.O=C([O-])/C=C/C(=O)O.[K+]. The summed E-state index contributed by atoms with van der Waals surface area (Å²) in [5.74, 6) is -3.47. The van der Waals surface area contributed by atoms with Gasteiger partial charge in [-0.1, -0.05) is 63.3 Å². The van der Waals surface area contributed by atoms with Crippen molar-refractivity contribution in [3.63, 3.8) is 0 Å². The minimum absolute atomic E-state index is 0. The Kier molecular flexibility index (Phi) is 31.0. The van der Waals surface area contributed by atoms with Crippen molar-refractivity contribution in [1.82, 2.24) is 0 Å². The minimum atomic E-state index is -1.51. The third-order valence-corrected chi connectivity index (χ3v) is 3.70. The Balaban J connectivity index is -0.000000636. The van der Waals surface area contributed by atoms with Crippen LogP contribution in [-0.4, -0.2) is 28.1 Å². The van der Waals surface area contributed by atoms with E-state index in [1.807, 2.05) is 0 Å². The molecule has 0 aliphatic heterocycles. The van der Waals surface area contributed by atoms with Gasteiger partial charge >= 0.3 is 63.3 Å². The Labute approximate surface area is 217 Å². The molecule has 0 fully saturated rings. The normalized spacial score (nSPS) is 10.7. The zero-order chi connectivity index (χ0) is 21.5. The van der Waals surface area contributed by atoms with E-state index in [9.17, 15) is 19.5 Å². The number of unbranched alkanes of at least 4 members (excludes halogenated alkanes) is 8. The summed E-state index contributed by atoms with van der Waals surface area (Å²) in [7, 11) is 0. The number of carboxylic acids is 3. The van der Waals surface area contributed by atoms with Crippen LogP contribution in [0.15, 0.2) is 36.5 Å². The third kappa shape index (κ3) is 38.5. The van der Waals surface area contributed by atoms with E-state index in [0.717, 1.165) is 25.7 Å². The van der Waals surface area contributed by atoms with E-state index in [-0.39, 0.29) is 51.4 Å². The first kappa shape index (κ1) is 32.9. The van der Waals surface area contributed by atoms with Gasteiger partial charge in [0.15, 0.2) is 0 Å². The van der Waals surface area contributed by atoms with Crippen molar-refractivity contribution in [2.75, 3.05) is 0 Å². The van der Waals surface area contributed by atoms with Crippen molar-refractivity contribution in [2.24, 2.45) is 0 Å². The van der Waals surface area contributed by atoms with Crippen molar-refractivity contribution in [3.8, 4) is 0 Å². The van der Waals surface area contributed by atoms with Crippen molar-refractivity contribution in [2.45, 2.75) is 84.0 Å². The predicted molar refractivity (Wildman–Crippen MR) is 109 cm³/mol. The average molecular weight is 435 g/mol. The molecule has 0 saturated carbocycles. The average Bonchev–Trinajstić information content (AvgIpc) is 2.63. The van der Waals surface area contributed by atoms with Gasteiger partial charge in [-0.2, -0.15) is 0 Å². The summed E-state index contributed by atoms with van der Waals surface area (Å²) in [6, 6.07) is 0. The number of hydrogen-bond donors (Lipinski definition) is 2. The van der Waals surface area contributed by atoms with Crippen LogP contribution in [-0.2, 0) is 14.4 Å². The first-order chi connectivity index (χ1) is 13.4. The second-order valence-electron chi connectivity index (χ2n) is 6.37. The molecule has 0 saturated heterocycles. The number of allylic oxidation sites excluding steroid dienone is 4. The molecule has 160 valence electrons. The minimum Gasteiger partial charge on any atom is -0.545 e. The van der Waals surface area contributed by atoms with Gasteiger partial charge < -0.3 is 20.1 Å². The molecular formula is C22H35KO6. The molecule has 7 heteroatoms. The molecule has 6 nitrogen and oxygen atoms in total. The van der Waals surface area contributed by atoms with Gasteiger partial charge in [0.05, 0.1) is 5.97 Å². The Morgan fingerprint density at radius 2 is 1.28 bits per heavy atom. The van der Waals surface area contributed by atoms with Gasteiger partial charge in [0.2, 0.25) is 0 Å². The van der Waals surface area contributed by atoms with Gasteiger partial charge in [0.1, 0.15) is 0 Å². The van der Waals surface area contributed by atoms with Gasteiger partial charge in [0.25, 0.3) is 0 Å². The number of rotatable bonds is 16. The molecule has 29 heavy (non-hydrogen) atoms. The predicted octanol–water partition coefficient (Wildman–Crippen LogP) is 1.27. The fourth-order valence-electron chi connectivity index (χ4n) is 2.23. The smallest absolute Gasteiger partial charge is 0.545 e. The zero-order valence-electron chi connectivity index (χ0n) is 18.0. The zero-order valence-corrected chi connectivity index (χ0v) is 21.1. The summed E-state index contributed by atoms with van der Waals surface area (Å²) in [5.41, 5.74) is 0. The van der Waals surface area contributed by atoms with E-state index >= 15 is 0 Å². The Morgan fingerprint density at radius 3 is 1.72 bits per heavy atom. The Hall–Kier alpha value is -0.734. The van der Waals surface area contributed by atoms with Gasteiger partial charge in [-0.25, -0.2) is 4.79 Å². The van der Waals surface area contributed by atoms with Crippen molar-refractivity contribution >= 4 is 17.9 Å². The number of carbonyl (C=O) groups is 3. The van der Waals surface area contributed by atoms with Gasteiger partial charge in [-0.15, -0.1) is 0 Å². The number of hydrogen-bond acceptors (Lipinski definition) is 4. The third-order valence-electron chi connectivity index (χ3n) is 3.70. The summed E-state index contributed by atoms with van der Waals surface area (Å²) < 4.78 is 0. The molecule has 0 atom stereocenters. The molecule has 2 N–H and O–H groups in total. The fraction of sp³-hybridized carbons (Fsp3) is 0.591. The van der Waals surface area contributed by atoms with E-state index in [4.69, 9.17) is 10.2 Å². The van der Waals surface area contributed by atoms with Crippen LogP contribution in [0.4, 0.5) is 0 Å². The molecule has 0 aromatic carbocycles. The van der Waals surface area contributed by atoms with E-state index in [2.05, 4.69) is 31.2 Å². The maximum Gasteiger partial charge on any atom is 1.00 e. The van der Waals surface area contributed by atoms with Crippen LogP contribution >= 0.6 is 0 Å². The molecule has 0 spiro atoms. The Bertz CT molecular complexity index is 482. The summed E-state index contributed by atoms with van der Waals surface area (Å²) in [4.78, 5) is 29.3. The van der Waals surface area contributed by atoms with E-state index < -0.39 is 17.9 Å². The quantitative estimate of drug-likeness (QED) is 0.164. The number of aliphatic carboxylic acids is 3. The fourth-order valence-corrected chi connectivity index (χ4v) is 2.23. The molecular weight excluding hydrogens is 399 g/mol. The van der Waals surface area contributed by atoms with Crippen LogP contribution in [0.5, 0.6) is 0 Å². The van der Waals surface area contributed by atoms with Crippen LogP contribution in [0, 0.1) is 0 Å². The maximum absolute atomic E-state index is 10.3. The molecule has 0 heterocycles. The number of carboxylic acid groups (broad SMARTS) is 3. The molecule has 0 bridgehead atoms. The van der Waals surface area contributed by atoms with Crippen LogP contribution in [0.1, 0.15) is 84.0 Å². The summed E-state index contributed by atoms with van der Waals surface area (Å²) in [5, 5.41) is 25.7. The summed E-state index contributed by atoms with van der Waals surface area (Å²) >= 11 is 0. The van der Waals surface area contributed by atoms with Gasteiger partial charge in [0, 0.05) is 12.5 Å². The van der Waals surface area contributed by atoms with E-state index in [1.165, 1.54) is 44.9 Å². The van der Waals surface area contributed by atoms with Crippen molar-refractivity contribution in [3.05, 3.63) is 36.5 Å².